The summed E-state index contributed by atoms with van der Waals surface area (Å²) < 4.78 is 24.9. The van der Waals surface area contributed by atoms with Gasteiger partial charge in [0.1, 0.15) is 0 Å². The molecule has 28 heavy (non-hydrogen) atoms. The van der Waals surface area contributed by atoms with Crippen molar-refractivity contribution in [2.75, 3.05) is 24.7 Å². The first-order valence-corrected chi connectivity index (χ1v) is 12.1. The van der Waals surface area contributed by atoms with Crippen molar-refractivity contribution in [3.63, 3.8) is 0 Å². The molecule has 0 spiro atoms. The molecule has 0 aromatic carbocycles. The third kappa shape index (κ3) is 3.95. The van der Waals surface area contributed by atoms with Gasteiger partial charge in [-0.05, 0) is 25.2 Å². The summed E-state index contributed by atoms with van der Waals surface area (Å²) in [7, 11) is -3.12. The SMILES string of the molecule is CC1CCCC1c1ncc(Cl)c2cnc(NC3CCN(S(C)(=O)=O)CC3)nc12. The smallest absolute Gasteiger partial charge is 0.223 e. The van der Waals surface area contributed by atoms with Crippen LogP contribution in [0.1, 0.15) is 50.6 Å². The van der Waals surface area contributed by atoms with E-state index in [4.69, 9.17) is 16.6 Å². The second-order valence-electron chi connectivity index (χ2n) is 8.04. The van der Waals surface area contributed by atoms with Crippen molar-refractivity contribution in [1.82, 2.24) is 19.3 Å². The highest BCUT2D eigenvalue weighted by Crippen LogP contribution is 2.41. The van der Waals surface area contributed by atoms with Crippen molar-refractivity contribution in [3.05, 3.63) is 23.1 Å². The molecule has 2 unspecified atom stereocenters. The number of hydrogen-bond donors (Lipinski definition) is 1. The molecule has 4 rings (SSSR count). The third-order valence-electron chi connectivity index (χ3n) is 6.07. The molecule has 1 saturated carbocycles. The van der Waals surface area contributed by atoms with Crippen LogP contribution in [0.3, 0.4) is 0 Å². The van der Waals surface area contributed by atoms with Crippen LogP contribution in [-0.2, 0) is 10.0 Å². The quantitative estimate of drug-likeness (QED) is 0.810. The van der Waals surface area contributed by atoms with Crippen LogP contribution in [0.2, 0.25) is 5.02 Å². The van der Waals surface area contributed by atoms with Gasteiger partial charge in [-0.15, -0.1) is 0 Å². The largest absolute Gasteiger partial charge is 0.351 e. The van der Waals surface area contributed by atoms with Gasteiger partial charge in [-0.1, -0.05) is 31.4 Å². The van der Waals surface area contributed by atoms with E-state index < -0.39 is 10.0 Å². The van der Waals surface area contributed by atoms with E-state index in [2.05, 4.69) is 22.2 Å². The van der Waals surface area contributed by atoms with E-state index >= 15 is 0 Å². The molecule has 7 nitrogen and oxygen atoms in total. The summed E-state index contributed by atoms with van der Waals surface area (Å²) in [6.45, 7) is 3.31. The van der Waals surface area contributed by atoms with Gasteiger partial charge in [0.25, 0.3) is 0 Å². The lowest BCUT2D eigenvalue weighted by atomic mass is 9.93. The standard InChI is InChI=1S/C19H26ClN5O2S/c1-12-4-3-5-14(12)17-18-15(16(20)11-21-17)10-22-19(24-18)23-13-6-8-25(9-7-13)28(2,26)27/h10-14H,3-9H2,1-2H3,(H,22,23,24). The van der Waals surface area contributed by atoms with Gasteiger partial charge in [-0.3, -0.25) is 4.98 Å². The van der Waals surface area contributed by atoms with Gasteiger partial charge in [0.05, 0.1) is 22.5 Å². The highest BCUT2D eigenvalue weighted by molar-refractivity contribution is 7.88. The van der Waals surface area contributed by atoms with Crippen LogP contribution in [0.5, 0.6) is 0 Å². The monoisotopic (exact) mass is 423 g/mol. The van der Waals surface area contributed by atoms with Gasteiger partial charge >= 0.3 is 0 Å². The summed E-state index contributed by atoms with van der Waals surface area (Å²) in [5.74, 6) is 1.55. The zero-order chi connectivity index (χ0) is 19.9. The van der Waals surface area contributed by atoms with Gasteiger partial charge in [-0.2, -0.15) is 0 Å². The summed E-state index contributed by atoms with van der Waals surface area (Å²) in [6.07, 6.45) is 9.75. The zero-order valence-corrected chi connectivity index (χ0v) is 17.8. The van der Waals surface area contributed by atoms with E-state index in [0.717, 1.165) is 35.9 Å². The van der Waals surface area contributed by atoms with Gasteiger partial charge in [0.15, 0.2) is 0 Å². The van der Waals surface area contributed by atoms with Gasteiger partial charge in [-0.25, -0.2) is 22.7 Å². The minimum atomic E-state index is -3.12. The Balaban J connectivity index is 1.57. The molecule has 152 valence electrons. The molecule has 0 radical (unpaired) electrons. The first kappa shape index (κ1) is 19.8. The molecular formula is C19H26ClN5O2S. The zero-order valence-electron chi connectivity index (χ0n) is 16.2. The van der Waals surface area contributed by atoms with Crippen LogP contribution in [0.4, 0.5) is 5.95 Å². The lowest BCUT2D eigenvalue weighted by Crippen LogP contribution is -2.42. The van der Waals surface area contributed by atoms with Crippen LogP contribution in [0, 0.1) is 5.92 Å². The van der Waals surface area contributed by atoms with Crippen molar-refractivity contribution in [2.24, 2.45) is 5.92 Å². The van der Waals surface area contributed by atoms with Crippen LogP contribution < -0.4 is 5.32 Å². The lowest BCUT2D eigenvalue weighted by molar-refractivity contribution is 0.331. The minimum absolute atomic E-state index is 0.149. The Morgan fingerprint density at radius 2 is 1.89 bits per heavy atom. The molecule has 1 saturated heterocycles. The van der Waals surface area contributed by atoms with Crippen molar-refractivity contribution >= 4 is 38.5 Å². The predicted octanol–water partition coefficient (Wildman–Crippen LogP) is 3.42. The summed E-state index contributed by atoms with van der Waals surface area (Å²) >= 11 is 6.35. The molecule has 2 aromatic rings. The molecule has 1 aliphatic heterocycles. The first-order valence-electron chi connectivity index (χ1n) is 9.85. The number of aromatic nitrogens is 3. The van der Waals surface area contributed by atoms with E-state index in [1.807, 2.05) is 0 Å². The van der Waals surface area contributed by atoms with Crippen LogP contribution in [0.25, 0.3) is 10.9 Å². The van der Waals surface area contributed by atoms with E-state index in [0.29, 0.717) is 35.9 Å². The van der Waals surface area contributed by atoms with Crippen molar-refractivity contribution < 1.29 is 8.42 Å². The number of fused-ring (bicyclic) bond motifs is 1. The minimum Gasteiger partial charge on any atom is -0.351 e. The van der Waals surface area contributed by atoms with Gasteiger partial charge in [0.2, 0.25) is 16.0 Å². The van der Waals surface area contributed by atoms with Crippen LogP contribution in [-0.4, -0.2) is 53.1 Å². The Morgan fingerprint density at radius 1 is 1.14 bits per heavy atom. The van der Waals surface area contributed by atoms with E-state index in [-0.39, 0.29) is 6.04 Å². The number of hydrogen-bond acceptors (Lipinski definition) is 6. The molecule has 3 heterocycles. The number of nitrogens with one attached hydrogen (secondary N) is 1. The number of anilines is 1. The molecule has 2 atom stereocenters. The number of pyridine rings is 1. The molecule has 2 aromatic heterocycles. The van der Waals surface area contributed by atoms with E-state index in [1.165, 1.54) is 23.4 Å². The predicted molar refractivity (Wildman–Crippen MR) is 111 cm³/mol. The maximum Gasteiger partial charge on any atom is 0.223 e. The number of rotatable bonds is 4. The molecule has 0 amide bonds. The summed E-state index contributed by atoms with van der Waals surface area (Å²) in [4.78, 5) is 13.9. The van der Waals surface area contributed by atoms with E-state index in [9.17, 15) is 8.42 Å². The van der Waals surface area contributed by atoms with E-state index in [1.54, 1.807) is 12.4 Å². The van der Waals surface area contributed by atoms with Crippen molar-refractivity contribution in [1.29, 1.82) is 0 Å². The molecule has 1 aliphatic carbocycles. The molecule has 2 aliphatic rings. The maximum atomic E-state index is 11.7. The molecule has 1 N–H and O–H groups in total. The molecule has 2 fully saturated rings. The molecular weight excluding hydrogens is 398 g/mol. The molecule has 0 bridgehead atoms. The number of nitrogens with zero attached hydrogens (tertiary/aromatic N) is 4. The first-order chi connectivity index (χ1) is 13.3. The fourth-order valence-electron chi connectivity index (χ4n) is 4.42. The van der Waals surface area contributed by atoms with Gasteiger partial charge in [0, 0.05) is 42.8 Å². The lowest BCUT2D eigenvalue weighted by Gasteiger charge is -2.30. The Kier molecular flexibility index (Phi) is 5.46. The second-order valence-corrected chi connectivity index (χ2v) is 10.4. The Labute approximate surface area is 171 Å². The summed E-state index contributed by atoms with van der Waals surface area (Å²) in [5, 5.41) is 4.78. The Hall–Kier alpha value is -1.51. The highest BCUT2D eigenvalue weighted by Gasteiger charge is 2.29. The van der Waals surface area contributed by atoms with Gasteiger partial charge < -0.3 is 5.32 Å². The summed E-state index contributed by atoms with van der Waals surface area (Å²) in [6, 6.07) is 0.149. The molecule has 9 heteroatoms. The number of sulfonamides is 1. The average Bonchev–Trinajstić information content (AvgIpc) is 3.07. The fraction of sp³-hybridized carbons (Fsp3) is 0.632. The normalized spacial score (nSPS) is 24.7. The van der Waals surface area contributed by atoms with Crippen LogP contribution >= 0.6 is 11.6 Å². The Bertz CT molecular complexity index is 976. The second kappa shape index (κ2) is 7.72. The number of piperidine rings is 1. The Morgan fingerprint density at radius 3 is 2.54 bits per heavy atom. The summed E-state index contributed by atoms with van der Waals surface area (Å²) in [5.41, 5.74) is 1.85. The maximum absolute atomic E-state index is 11.7. The fourth-order valence-corrected chi connectivity index (χ4v) is 5.48. The topological polar surface area (TPSA) is 88.1 Å². The average molecular weight is 424 g/mol. The highest BCUT2D eigenvalue weighted by atomic mass is 35.5. The van der Waals surface area contributed by atoms with Crippen molar-refractivity contribution in [3.8, 4) is 0 Å². The third-order valence-corrected chi connectivity index (χ3v) is 7.68. The number of halogens is 1. The van der Waals surface area contributed by atoms with Crippen molar-refractivity contribution in [2.45, 2.75) is 51.0 Å². The van der Waals surface area contributed by atoms with Crippen LogP contribution in [0.15, 0.2) is 12.4 Å².